The van der Waals surface area contributed by atoms with Crippen molar-refractivity contribution in [2.45, 2.75) is 144 Å². The van der Waals surface area contributed by atoms with Crippen LogP contribution in [0.3, 0.4) is 0 Å². The summed E-state index contributed by atoms with van der Waals surface area (Å²) in [5.74, 6) is 2.58. The molecule has 0 aromatic heterocycles. The van der Waals surface area contributed by atoms with Crippen molar-refractivity contribution in [2.75, 3.05) is 0 Å². The maximum atomic E-state index is 12.6. The Bertz CT molecular complexity index is 929. The first kappa shape index (κ1) is 30.4. The largest absolute Gasteiger partial charge is 0.462 e. The van der Waals surface area contributed by atoms with Crippen LogP contribution in [-0.4, -0.2) is 35.7 Å². The number of ether oxygens (including phenoxy) is 3. The van der Waals surface area contributed by atoms with Crippen LogP contribution >= 0.6 is 0 Å². The van der Waals surface area contributed by atoms with Crippen LogP contribution < -0.4 is 0 Å². The van der Waals surface area contributed by atoms with E-state index in [1.54, 1.807) is 0 Å². The molecule has 4 aliphatic rings. The second kappa shape index (κ2) is 11.4. The maximum absolute atomic E-state index is 12.6. The lowest BCUT2D eigenvalue weighted by atomic mass is 9.42. The number of hydrogen-bond acceptors (Lipinski definition) is 6. The van der Waals surface area contributed by atoms with E-state index in [1.165, 1.54) is 59.3 Å². The Morgan fingerprint density at radius 2 is 1.51 bits per heavy atom. The predicted octanol–water partition coefficient (Wildman–Crippen LogP) is 7.27. The van der Waals surface area contributed by atoms with Gasteiger partial charge in [0, 0.05) is 32.6 Å². The quantitative estimate of drug-likeness (QED) is 0.235. The van der Waals surface area contributed by atoms with Gasteiger partial charge in [-0.25, -0.2) is 0 Å². The molecule has 4 unspecified atom stereocenters. The molecule has 0 N–H and O–H groups in total. The average Bonchev–Trinajstić information content (AvgIpc) is 3.16. The van der Waals surface area contributed by atoms with E-state index in [2.05, 4.69) is 34.6 Å². The van der Waals surface area contributed by atoms with E-state index in [0.717, 1.165) is 37.0 Å². The zero-order valence-corrected chi connectivity index (χ0v) is 25.8. The Kier molecular flexibility index (Phi) is 8.84. The Morgan fingerprint density at radius 1 is 0.821 bits per heavy atom. The summed E-state index contributed by atoms with van der Waals surface area (Å²) >= 11 is 0. The minimum absolute atomic E-state index is 0.298. The molecule has 222 valence electrons. The summed E-state index contributed by atoms with van der Waals surface area (Å²) in [6, 6.07) is 0. The zero-order valence-electron chi connectivity index (χ0n) is 25.8. The predicted molar refractivity (Wildman–Crippen MR) is 151 cm³/mol. The van der Waals surface area contributed by atoms with Gasteiger partial charge in [-0.05, 0) is 85.9 Å². The highest BCUT2D eigenvalue weighted by molar-refractivity contribution is 5.68. The highest BCUT2D eigenvalue weighted by atomic mass is 16.6. The van der Waals surface area contributed by atoms with Crippen LogP contribution in [0.1, 0.15) is 126 Å². The van der Waals surface area contributed by atoms with Gasteiger partial charge in [0.05, 0.1) is 0 Å². The first-order valence-electron chi connectivity index (χ1n) is 15.8. The normalized spacial score (nSPS) is 42.1. The van der Waals surface area contributed by atoms with Gasteiger partial charge in [0.15, 0.2) is 5.60 Å². The van der Waals surface area contributed by atoms with Crippen LogP contribution in [0.15, 0.2) is 0 Å². The van der Waals surface area contributed by atoms with Gasteiger partial charge >= 0.3 is 17.9 Å². The molecule has 39 heavy (non-hydrogen) atoms. The molecule has 4 aliphatic carbocycles. The summed E-state index contributed by atoms with van der Waals surface area (Å²) in [5.41, 5.74) is -1.04. The van der Waals surface area contributed by atoms with E-state index in [9.17, 15) is 14.4 Å². The fraction of sp³-hybridized carbons (Fsp3) is 0.909. The van der Waals surface area contributed by atoms with Crippen molar-refractivity contribution in [3.8, 4) is 0 Å². The standard InChI is InChI=1S/C33H54O6/c1-20(2)10-9-11-21(3)27-12-13-28-26-18-30(38-23(5)35)33(39-24(6)36)19-25(37-22(4)34)14-17-32(33,8)29(26)15-16-31(27,28)7/h20-21,25-30H,9-19H2,1-8H3/t21-,25+,26?,27?,28?,29?,30-,31-,32-,33+/m1/s1. The van der Waals surface area contributed by atoms with Crippen molar-refractivity contribution in [1.82, 2.24) is 0 Å². The van der Waals surface area contributed by atoms with Gasteiger partial charge in [-0.1, -0.05) is 53.9 Å². The van der Waals surface area contributed by atoms with Gasteiger partial charge < -0.3 is 14.2 Å². The number of fused-ring (bicyclic) bond motifs is 5. The minimum atomic E-state index is -0.986. The molecule has 0 bridgehead atoms. The monoisotopic (exact) mass is 546 g/mol. The van der Waals surface area contributed by atoms with Gasteiger partial charge in [-0.15, -0.1) is 0 Å². The molecule has 4 saturated carbocycles. The maximum Gasteiger partial charge on any atom is 0.303 e. The highest BCUT2D eigenvalue weighted by Gasteiger charge is 2.71. The van der Waals surface area contributed by atoms with Crippen LogP contribution in [0, 0.1) is 46.3 Å². The van der Waals surface area contributed by atoms with E-state index in [1.807, 2.05) is 0 Å². The molecule has 0 spiro atoms. The van der Waals surface area contributed by atoms with Crippen molar-refractivity contribution < 1.29 is 28.6 Å². The summed E-state index contributed by atoms with van der Waals surface area (Å²) < 4.78 is 18.1. The summed E-state index contributed by atoms with van der Waals surface area (Å²) in [6.07, 6.45) is 10.5. The second-order valence-corrected chi connectivity index (χ2v) is 14.6. The number of rotatable bonds is 8. The fourth-order valence-electron chi connectivity index (χ4n) is 10.4. The van der Waals surface area contributed by atoms with Crippen LogP contribution in [0.25, 0.3) is 0 Å². The van der Waals surface area contributed by atoms with Crippen LogP contribution in [-0.2, 0) is 28.6 Å². The lowest BCUT2D eigenvalue weighted by molar-refractivity contribution is -0.279. The highest BCUT2D eigenvalue weighted by Crippen LogP contribution is 2.70. The molecule has 0 amide bonds. The summed E-state index contributed by atoms with van der Waals surface area (Å²) in [4.78, 5) is 37.0. The van der Waals surface area contributed by atoms with Crippen molar-refractivity contribution in [2.24, 2.45) is 46.3 Å². The summed E-state index contributed by atoms with van der Waals surface area (Å²) in [5, 5.41) is 0. The van der Waals surface area contributed by atoms with E-state index in [-0.39, 0.29) is 29.4 Å². The SMILES string of the molecule is CC(=O)O[C@H]1CC[C@]2(C)C3CC[C@@]4(C)C(CCC4[C@H](C)CCCC(C)C)C3C[C@@H](OC(C)=O)[C@@]2(OC(C)=O)C1. The third kappa shape index (κ3) is 5.52. The molecule has 6 nitrogen and oxygen atoms in total. The van der Waals surface area contributed by atoms with E-state index in [0.29, 0.717) is 36.0 Å². The van der Waals surface area contributed by atoms with Crippen molar-refractivity contribution >= 4 is 17.9 Å². The topological polar surface area (TPSA) is 78.9 Å². The number of carbonyl (C=O) groups is 3. The number of hydrogen-bond donors (Lipinski definition) is 0. The van der Waals surface area contributed by atoms with E-state index < -0.39 is 11.7 Å². The molecule has 4 rings (SSSR count). The lowest BCUT2D eigenvalue weighted by Gasteiger charge is -2.66. The lowest BCUT2D eigenvalue weighted by Crippen LogP contribution is -2.70. The molecule has 0 aromatic carbocycles. The average molecular weight is 547 g/mol. The van der Waals surface area contributed by atoms with Gasteiger partial charge in [-0.2, -0.15) is 0 Å². The summed E-state index contributed by atoms with van der Waals surface area (Å²) in [7, 11) is 0. The molecule has 0 aliphatic heterocycles. The van der Waals surface area contributed by atoms with E-state index in [4.69, 9.17) is 14.2 Å². The fourth-order valence-corrected chi connectivity index (χ4v) is 10.4. The Labute approximate surface area is 236 Å². The van der Waals surface area contributed by atoms with Gasteiger partial charge in [0.25, 0.3) is 0 Å². The van der Waals surface area contributed by atoms with E-state index >= 15 is 0 Å². The third-order valence-electron chi connectivity index (χ3n) is 11.9. The summed E-state index contributed by atoms with van der Waals surface area (Å²) in [6.45, 7) is 16.3. The molecular weight excluding hydrogens is 492 g/mol. The van der Waals surface area contributed by atoms with Crippen molar-refractivity contribution in [3.63, 3.8) is 0 Å². The third-order valence-corrected chi connectivity index (χ3v) is 11.9. The Morgan fingerprint density at radius 3 is 2.13 bits per heavy atom. The molecular formula is C33H54O6. The first-order valence-corrected chi connectivity index (χ1v) is 15.8. The first-order chi connectivity index (χ1) is 18.2. The van der Waals surface area contributed by atoms with Crippen LogP contribution in [0.2, 0.25) is 0 Å². The number of esters is 3. The smallest absolute Gasteiger partial charge is 0.303 e. The minimum Gasteiger partial charge on any atom is -0.462 e. The van der Waals surface area contributed by atoms with Gasteiger partial charge in [0.2, 0.25) is 0 Å². The van der Waals surface area contributed by atoms with Crippen LogP contribution in [0.4, 0.5) is 0 Å². The molecule has 0 heterocycles. The van der Waals surface area contributed by atoms with Crippen molar-refractivity contribution in [1.29, 1.82) is 0 Å². The second-order valence-electron chi connectivity index (χ2n) is 14.6. The van der Waals surface area contributed by atoms with Crippen molar-refractivity contribution in [3.05, 3.63) is 0 Å². The molecule has 0 radical (unpaired) electrons. The Balaban J connectivity index is 1.66. The number of carbonyl (C=O) groups excluding carboxylic acids is 3. The molecule has 4 fully saturated rings. The molecule has 0 saturated heterocycles. The zero-order chi connectivity index (χ0) is 28.8. The molecule has 6 heteroatoms. The molecule has 10 atom stereocenters. The van der Waals surface area contributed by atoms with Gasteiger partial charge in [-0.3, -0.25) is 14.4 Å². The van der Waals surface area contributed by atoms with Gasteiger partial charge in [0.1, 0.15) is 12.2 Å². The van der Waals surface area contributed by atoms with Crippen LogP contribution in [0.5, 0.6) is 0 Å². The Hall–Kier alpha value is -1.59. The molecule has 0 aromatic rings.